The van der Waals surface area contributed by atoms with Gasteiger partial charge in [0.25, 0.3) is 0 Å². The van der Waals surface area contributed by atoms with Gasteiger partial charge in [0.1, 0.15) is 10.6 Å². The predicted molar refractivity (Wildman–Crippen MR) is 124 cm³/mol. The third-order valence-corrected chi connectivity index (χ3v) is 7.39. The highest BCUT2D eigenvalue weighted by Crippen LogP contribution is 2.30. The summed E-state index contributed by atoms with van der Waals surface area (Å²) in [5, 5.41) is 2.92. The van der Waals surface area contributed by atoms with Gasteiger partial charge < -0.3 is 10.1 Å². The third-order valence-electron chi connectivity index (χ3n) is 5.47. The van der Waals surface area contributed by atoms with Crippen molar-refractivity contribution >= 4 is 27.7 Å². The van der Waals surface area contributed by atoms with Crippen LogP contribution in [-0.4, -0.2) is 38.8 Å². The summed E-state index contributed by atoms with van der Waals surface area (Å²) in [6.45, 7) is 6.97. The highest BCUT2D eigenvalue weighted by atomic mass is 32.2. The summed E-state index contributed by atoms with van der Waals surface area (Å²) in [6.07, 6.45) is 5.79. The first-order valence-corrected chi connectivity index (χ1v) is 11.9. The Hall–Kier alpha value is -2.64. The van der Waals surface area contributed by atoms with Crippen LogP contribution in [0, 0.1) is 20.8 Å². The fourth-order valence-electron chi connectivity index (χ4n) is 3.96. The van der Waals surface area contributed by atoms with Gasteiger partial charge in [0.15, 0.2) is 0 Å². The summed E-state index contributed by atoms with van der Waals surface area (Å²) in [4.78, 5) is 12.6. The van der Waals surface area contributed by atoms with E-state index in [1.54, 1.807) is 24.3 Å². The Labute approximate surface area is 185 Å². The molecule has 1 fully saturated rings. The largest absolute Gasteiger partial charge is 0.495 e. The monoisotopic (exact) mass is 442 g/mol. The summed E-state index contributed by atoms with van der Waals surface area (Å²) in [5.41, 5.74) is 4.55. The maximum Gasteiger partial charge on any atom is 0.248 e. The van der Waals surface area contributed by atoms with Gasteiger partial charge in [-0.2, -0.15) is 4.31 Å². The first-order valence-electron chi connectivity index (χ1n) is 10.5. The molecule has 166 valence electrons. The average molecular weight is 443 g/mol. The summed E-state index contributed by atoms with van der Waals surface area (Å²) < 4.78 is 33.1. The molecular formula is C24H30N2O4S. The van der Waals surface area contributed by atoms with E-state index >= 15 is 0 Å². The molecule has 0 atom stereocenters. The van der Waals surface area contributed by atoms with Crippen molar-refractivity contribution in [1.29, 1.82) is 0 Å². The molecule has 0 unspecified atom stereocenters. The second-order valence-electron chi connectivity index (χ2n) is 7.97. The van der Waals surface area contributed by atoms with Crippen molar-refractivity contribution in [2.75, 3.05) is 25.5 Å². The Morgan fingerprint density at radius 3 is 2.29 bits per heavy atom. The SMILES string of the molecule is COc1ccc(/C=C/C(=O)Nc2c(C)cc(C)cc2C)cc1S(=O)(=O)N1CCCCC1. The molecule has 7 heteroatoms. The van der Waals surface area contributed by atoms with E-state index in [1.165, 1.54) is 17.5 Å². The van der Waals surface area contributed by atoms with Crippen LogP contribution in [0.3, 0.4) is 0 Å². The normalized spacial score (nSPS) is 15.2. The quantitative estimate of drug-likeness (QED) is 0.671. The number of aryl methyl sites for hydroxylation is 3. The van der Waals surface area contributed by atoms with Crippen LogP contribution in [0.4, 0.5) is 5.69 Å². The molecule has 0 aromatic heterocycles. The Bertz CT molecular complexity index is 1080. The molecule has 1 saturated heterocycles. The third kappa shape index (κ3) is 5.35. The molecular weight excluding hydrogens is 412 g/mol. The minimum Gasteiger partial charge on any atom is -0.495 e. The number of sulfonamides is 1. The molecule has 0 aliphatic carbocycles. The van der Waals surface area contributed by atoms with Gasteiger partial charge in [-0.1, -0.05) is 30.2 Å². The molecule has 2 aromatic rings. The van der Waals surface area contributed by atoms with Crippen LogP contribution in [0.25, 0.3) is 6.08 Å². The molecule has 1 aliphatic heterocycles. The lowest BCUT2D eigenvalue weighted by atomic mass is 10.1. The number of nitrogens with one attached hydrogen (secondary N) is 1. The van der Waals surface area contributed by atoms with Crippen molar-refractivity contribution in [2.24, 2.45) is 0 Å². The van der Waals surface area contributed by atoms with Gasteiger partial charge in [-0.3, -0.25) is 4.79 Å². The van der Waals surface area contributed by atoms with Crippen LogP contribution < -0.4 is 10.1 Å². The van der Waals surface area contributed by atoms with Gasteiger partial charge in [-0.15, -0.1) is 0 Å². The molecule has 6 nitrogen and oxygen atoms in total. The highest BCUT2D eigenvalue weighted by Gasteiger charge is 2.29. The van der Waals surface area contributed by atoms with Crippen LogP contribution in [0.2, 0.25) is 0 Å². The molecule has 2 aromatic carbocycles. The van der Waals surface area contributed by atoms with Gasteiger partial charge in [-0.05, 0) is 68.5 Å². The van der Waals surface area contributed by atoms with Gasteiger partial charge >= 0.3 is 0 Å². The number of anilines is 1. The summed E-state index contributed by atoms with van der Waals surface area (Å²) in [6, 6.07) is 8.97. The number of rotatable bonds is 6. The van der Waals surface area contributed by atoms with Crippen molar-refractivity contribution in [2.45, 2.75) is 44.9 Å². The summed E-state index contributed by atoms with van der Waals surface area (Å²) >= 11 is 0. The lowest BCUT2D eigenvalue weighted by Gasteiger charge is -2.26. The molecule has 1 amide bonds. The molecule has 1 N–H and O–H groups in total. The van der Waals surface area contributed by atoms with E-state index in [4.69, 9.17) is 4.74 Å². The molecule has 3 rings (SSSR count). The molecule has 0 bridgehead atoms. The number of benzene rings is 2. The first kappa shape index (κ1) is 23.0. The number of hydrogen-bond acceptors (Lipinski definition) is 4. The van der Waals surface area contributed by atoms with Gasteiger partial charge in [0.2, 0.25) is 15.9 Å². The Morgan fingerprint density at radius 2 is 1.68 bits per heavy atom. The zero-order chi connectivity index (χ0) is 22.6. The molecule has 0 saturated carbocycles. The smallest absolute Gasteiger partial charge is 0.248 e. The van der Waals surface area contributed by atoms with Crippen LogP contribution in [0.5, 0.6) is 5.75 Å². The number of hydrogen-bond donors (Lipinski definition) is 1. The summed E-state index contributed by atoms with van der Waals surface area (Å²) in [7, 11) is -2.20. The topological polar surface area (TPSA) is 75.7 Å². The van der Waals surface area contributed by atoms with Crippen molar-refractivity contribution in [1.82, 2.24) is 4.31 Å². The van der Waals surface area contributed by atoms with E-state index in [2.05, 4.69) is 5.32 Å². The molecule has 1 heterocycles. The standard InChI is InChI=1S/C24H30N2O4S/c1-17-14-18(2)24(19(3)15-17)25-23(27)11-9-20-8-10-21(30-4)22(16-20)31(28,29)26-12-6-5-7-13-26/h8-11,14-16H,5-7,12-13H2,1-4H3,(H,25,27)/b11-9+. The van der Waals surface area contributed by atoms with Gasteiger partial charge in [0, 0.05) is 24.9 Å². The van der Waals surface area contributed by atoms with Crippen LogP contribution in [0.1, 0.15) is 41.5 Å². The van der Waals surface area contributed by atoms with Crippen molar-refractivity contribution in [3.8, 4) is 5.75 Å². The van der Waals surface area contributed by atoms with Crippen LogP contribution in [-0.2, 0) is 14.8 Å². The number of piperidine rings is 1. The van der Waals surface area contributed by atoms with E-state index in [9.17, 15) is 13.2 Å². The Balaban J connectivity index is 1.83. The number of methoxy groups -OCH3 is 1. The maximum absolute atomic E-state index is 13.1. The average Bonchev–Trinajstić information content (AvgIpc) is 2.75. The lowest BCUT2D eigenvalue weighted by molar-refractivity contribution is -0.111. The van der Waals surface area contributed by atoms with Crippen LogP contribution >= 0.6 is 0 Å². The highest BCUT2D eigenvalue weighted by molar-refractivity contribution is 7.89. The van der Waals surface area contributed by atoms with E-state index in [0.717, 1.165) is 41.6 Å². The number of carbonyl (C=O) groups is 1. The zero-order valence-electron chi connectivity index (χ0n) is 18.6. The number of amides is 1. The van der Waals surface area contributed by atoms with Crippen molar-refractivity contribution < 1.29 is 17.9 Å². The zero-order valence-corrected chi connectivity index (χ0v) is 19.4. The molecule has 1 aliphatic rings. The molecule has 31 heavy (non-hydrogen) atoms. The van der Waals surface area contributed by atoms with Crippen molar-refractivity contribution in [3.05, 3.63) is 58.7 Å². The molecule has 0 radical (unpaired) electrons. The molecule has 0 spiro atoms. The Kier molecular flexibility index (Phi) is 7.18. The number of ether oxygens (including phenoxy) is 1. The number of carbonyl (C=O) groups excluding carboxylic acids is 1. The minimum atomic E-state index is -3.66. The minimum absolute atomic E-state index is 0.129. The second-order valence-corrected chi connectivity index (χ2v) is 9.88. The Morgan fingerprint density at radius 1 is 1.03 bits per heavy atom. The van der Waals surface area contributed by atoms with Crippen LogP contribution in [0.15, 0.2) is 41.3 Å². The van der Waals surface area contributed by atoms with E-state index in [-0.39, 0.29) is 10.8 Å². The fraction of sp³-hybridized carbons (Fsp3) is 0.375. The number of nitrogens with zero attached hydrogens (tertiary/aromatic N) is 1. The van der Waals surface area contributed by atoms with E-state index in [1.807, 2.05) is 32.9 Å². The fourth-order valence-corrected chi connectivity index (χ4v) is 5.66. The summed E-state index contributed by atoms with van der Waals surface area (Å²) in [5.74, 6) is 0.0318. The van der Waals surface area contributed by atoms with E-state index in [0.29, 0.717) is 24.4 Å². The first-order chi connectivity index (χ1) is 14.7. The lowest BCUT2D eigenvalue weighted by Crippen LogP contribution is -2.35. The second kappa shape index (κ2) is 9.66. The van der Waals surface area contributed by atoms with E-state index < -0.39 is 10.0 Å². The van der Waals surface area contributed by atoms with Gasteiger partial charge in [0.05, 0.1) is 7.11 Å². The van der Waals surface area contributed by atoms with Gasteiger partial charge in [-0.25, -0.2) is 8.42 Å². The maximum atomic E-state index is 13.1. The van der Waals surface area contributed by atoms with Crippen molar-refractivity contribution in [3.63, 3.8) is 0 Å². The predicted octanol–water partition coefficient (Wildman–Crippen LogP) is 4.45.